The number of pyridine rings is 1. The highest BCUT2D eigenvalue weighted by Crippen LogP contribution is 2.30. The molecular formula is C17H18N4O2S. The van der Waals surface area contributed by atoms with Gasteiger partial charge in [-0.05, 0) is 31.0 Å². The number of para-hydroxylation sites is 1. The highest BCUT2D eigenvalue weighted by molar-refractivity contribution is 7.89. The average Bonchev–Trinajstić information content (AvgIpc) is 3.23. The Kier molecular flexibility index (Phi) is 3.62. The van der Waals surface area contributed by atoms with Crippen LogP contribution in [0.5, 0.6) is 0 Å². The molecule has 1 atom stereocenters. The van der Waals surface area contributed by atoms with Crippen LogP contribution in [0.25, 0.3) is 10.9 Å². The first-order valence-corrected chi connectivity index (χ1v) is 9.34. The Morgan fingerprint density at radius 1 is 1.21 bits per heavy atom. The maximum absolute atomic E-state index is 13.1. The van der Waals surface area contributed by atoms with Crippen molar-refractivity contribution in [3.63, 3.8) is 0 Å². The largest absolute Gasteiger partial charge is 0.268 e. The zero-order valence-electron chi connectivity index (χ0n) is 13.3. The van der Waals surface area contributed by atoms with Crippen LogP contribution in [0.3, 0.4) is 0 Å². The summed E-state index contributed by atoms with van der Waals surface area (Å²) in [5.41, 5.74) is 1.60. The van der Waals surface area contributed by atoms with Crippen LogP contribution in [0, 0.1) is 6.92 Å². The number of sulfonamides is 1. The number of fused-ring (bicyclic) bond motifs is 1. The summed E-state index contributed by atoms with van der Waals surface area (Å²) in [4.78, 5) is 4.55. The lowest BCUT2D eigenvalue weighted by Gasteiger charge is -2.17. The van der Waals surface area contributed by atoms with E-state index < -0.39 is 10.0 Å². The van der Waals surface area contributed by atoms with Gasteiger partial charge in [-0.3, -0.25) is 9.67 Å². The summed E-state index contributed by atoms with van der Waals surface area (Å²) in [6.45, 7) is 2.91. The minimum Gasteiger partial charge on any atom is -0.268 e. The predicted octanol–water partition coefficient (Wildman–Crippen LogP) is 2.38. The van der Waals surface area contributed by atoms with Gasteiger partial charge in [-0.2, -0.15) is 9.40 Å². The molecule has 4 rings (SSSR count). The van der Waals surface area contributed by atoms with Gasteiger partial charge >= 0.3 is 0 Å². The van der Waals surface area contributed by atoms with Crippen molar-refractivity contribution in [2.24, 2.45) is 0 Å². The topological polar surface area (TPSA) is 68.1 Å². The van der Waals surface area contributed by atoms with Gasteiger partial charge in [-0.1, -0.05) is 18.2 Å². The van der Waals surface area contributed by atoms with Gasteiger partial charge in [0.25, 0.3) is 0 Å². The molecule has 6 nitrogen and oxygen atoms in total. The van der Waals surface area contributed by atoms with Gasteiger partial charge in [0.05, 0.1) is 17.8 Å². The fraction of sp³-hybridized carbons (Fsp3) is 0.294. The molecule has 0 amide bonds. The first kappa shape index (κ1) is 15.3. The number of hydrogen-bond donors (Lipinski definition) is 0. The van der Waals surface area contributed by atoms with Crippen molar-refractivity contribution in [2.45, 2.75) is 24.3 Å². The van der Waals surface area contributed by atoms with E-state index in [-0.39, 0.29) is 10.9 Å². The van der Waals surface area contributed by atoms with Crippen molar-refractivity contribution >= 4 is 20.9 Å². The van der Waals surface area contributed by atoms with E-state index in [1.165, 1.54) is 4.31 Å². The van der Waals surface area contributed by atoms with E-state index in [9.17, 15) is 8.42 Å². The second-order valence-corrected chi connectivity index (χ2v) is 8.04. The van der Waals surface area contributed by atoms with Crippen molar-refractivity contribution in [3.05, 3.63) is 54.5 Å². The molecule has 1 aromatic carbocycles. The van der Waals surface area contributed by atoms with Crippen LogP contribution in [-0.4, -0.2) is 40.6 Å². The van der Waals surface area contributed by atoms with Crippen molar-refractivity contribution < 1.29 is 8.42 Å². The number of aromatic nitrogens is 3. The van der Waals surface area contributed by atoms with Crippen molar-refractivity contribution in [1.29, 1.82) is 0 Å². The van der Waals surface area contributed by atoms with E-state index in [2.05, 4.69) is 10.1 Å². The Bertz CT molecular complexity index is 991. The Hall–Kier alpha value is -2.25. The van der Waals surface area contributed by atoms with Crippen LogP contribution < -0.4 is 0 Å². The van der Waals surface area contributed by atoms with E-state index in [4.69, 9.17) is 0 Å². The standard InChI is InChI=1S/C17H18N4O2S/c1-13-10-19-21(11-13)15-7-9-20(12-15)24(22,23)16-6-2-4-14-5-3-8-18-17(14)16/h2-6,8,10-11,15H,7,9,12H2,1H3. The summed E-state index contributed by atoms with van der Waals surface area (Å²) < 4.78 is 29.6. The second kappa shape index (κ2) is 5.68. The molecule has 0 spiro atoms. The van der Waals surface area contributed by atoms with Gasteiger partial charge in [-0.25, -0.2) is 8.42 Å². The van der Waals surface area contributed by atoms with Gasteiger partial charge in [0.15, 0.2) is 0 Å². The molecule has 0 bridgehead atoms. The zero-order chi connectivity index (χ0) is 16.7. The molecule has 1 fully saturated rings. The fourth-order valence-electron chi connectivity index (χ4n) is 3.20. The Morgan fingerprint density at radius 2 is 2.04 bits per heavy atom. The van der Waals surface area contributed by atoms with Crippen LogP contribution in [-0.2, 0) is 10.0 Å². The Labute approximate surface area is 140 Å². The van der Waals surface area contributed by atoms with Crippen molar-refractivity contribution in [2.75, 3.05) is 13.1 Å². The SMILES string of the molecule is Cc1cnn(C2CCN(S(=O)(=O)c3cccc4cccnc34)C2)c1. The molecular weight excluding hydrogens is 324 g/mol. The smallest absolute Gasteiger partial charge is 0.245 e. The van der Waals surface area contributed by atoms with Crippen LogP contribution in [0.4, 0.5) is 0 Å². The monoisotopic (exact) mass is 342 g/mol. The molecule has 1 aliphatic heterocycles. The highest BCUT2D eigenvalue weighted by Gasteiger charge is 2.34. The molecule has 1 saturated heterocycles. The van der Waals surface area contributed by atoms with Crippen molar-refractivity contribution in [3.8, 4) is 0 Å². The van der Waals surface area contributed by atoms with Gasteiger partial charge in [-0.15, -0.1) is 0 Å². The molecule has 1 unspecified atom stereocenters. The number of hydrogen-bond acceptors (Lipinski definition) is 4. The number of benzene rings is 1. The van der Waals surface area contributed by atoms with Gasteiger partial charge in [0.1, 0.15) is 4.90 Å². The van der Waals surface area contributed by atoms with Crippen LogP contribution >= 0.6 is 0 Å². The lowest BCUT2D eigenvalue weighted by atomic mass is 10.2. The van der Waals surface area contributed by atoms with Crippen LogP contribution in [0.2, 0.25) is 0 Å². The van der Waals surface area contributed by atoms with E-state index in [1.54, 1.807) is 24.5 Å². The molecule has 0 saturated carbocycles. The third-order valence-corrected chi connectivity index (χ3v) is 6.34. The lowest BCUT2D eigenvalue weighted by molar-refractivity contribution is 0.435. The average molecular weight is 342 g/mol. The van der Waals surface area contributed by atoms with Gasteiger partial charge in [0, 0.05) is 30.9 Å². The van der Waals surface area contributed by atoms with E-state index in [0.29, 0.717) is 18.6 Å². The summed E-state index contributed by atoms with van der Waals surface area (Å²) >= 11 is 0. The molecule has 0 aliphatic carbocycles. The number of nitrogens with zero attached hydrogens (tertiary/aromatic N) is 4. The normalized spacial score (nSPS) is 19.1. The van der Waals surface area contributed by atoms with Gasteiger partial charge < -0.3 is 0 Å². The van der Waals surface area contributed by atoms with Crippen LogP contribution in [0.15, 0.2) is 53.8 Å². The quantitative estimate of drug-likeness (QED) is 0.733. The summed E-state index contributed by atoms with van der Waals surface area (Å²) in [6.07, 6.45) is 6.14. The lowest BCUT2D eigenvalue weighted by Crippen LogP contribution is -2.29. The van der Waals surface area contributed by atoms with E-state index >= 15 is 0 Å². The zero-order valence-corrected chi connectivity index (χ0v) is 14.1. The second-order valence-electron chi connectivity index (χ2n) is 6.13. The fourth-order valence-corrected chi connectivity index (χ4v) is 4.86. The van der Waals surface area contributed by atoms with E-state index in [0.717, 1.165) is 17.4 Å². The number of aryl methyl sites for hydroxylation is 1. The summed E-state index contributed by atoms with van der Waals surface area (Å²) in [6, 6.07) is 9.04. The van der Waals surface area contributed by atoms with Crippen molar-refractivity contribution in [1.82, 2.24) is 19.1 Å². The number of rotatable bonds is 3. The molecule has 3 aromatic rings. The minimum atomic E-state index is -3.57. The maximum Gasteiger partial charge on any atom is 0.245 e. The Morgan fingerprint density at radius 3 is 2.83 bits per heavy atom. The third-order valence-electron chi connectivity index (χ3n) is 4.44. The molecule has 0 radical (unpaired) electrons. The van der Waals surface area contributed by atoms with Crippen LogP contribution in [0.1, 0.15) is 18.0 Å². The molecule has 24 heavy (non-hydrogen) atoms. The first-order chi connectivity index (χ1) is 11.6. The molecule has 7 heteroatoms. The molecule has 0 N–H and O–H groups in total. The predicted molar refractivity (Wildman–Crippen MR) is 91.1 cm³/mol. The molecule has 3 heterocycles. The Balaban J connectivity index is 1.68. The molecule has 124 valence electrons. The first-order valence-electron chi connectivity index (χ1n) is 7.90. The summed E-state index contributed by atoms with van der Waals surface area (Å²) in [7, 11) is -3.57. The van der Waals surface area contributed by atoms with E-state index in [1.807, 2.05) is 36.0 Å². The maximum atomic E-state index is 13.1. The molecule has 2 aromatic heterocycles. The summed E-state index contributed by atoms with van der Waals surface area (Å²) in [5.74, 6) is 0. The minimum absolute atomic E-state index is 0.0800. The highest BCUT2D eigenvalue weighted by atomic mass is 32.2. The third kappa shape index (κ3) is 2.50. The summed E-state index contributed by atoms with van der Waals surface area (Å²) in [5, 5.41) is 5.15. The molecule has 1 aliphatic rings. The van der Waals surface area contributed by atoms with Gasteiger partial charge in [0.2, 0.25) is 10.0 Å².